The van der Waals surface area contributed by atoms with Crippen LogP contribution < -0.4 is 11.1 Å². The Balaban J connectivity index is 1.85. The number of carbonyl (C=O) groups is 2. The smallest absolute Gasteiger partial charge is 0.338 e. The first-order valence-electron chi connectivity index (χ1n) is 9.96. The molecule has 1 aromatic heterocycles. The van der Waals surface area contributed by atoms with Gasteiger partial charge in [0.25, 0.3) is 0 Å². The van der Waals surface area contributed by atoms with Crippen LogP contribution in [0.1, 0.15) is 22.8 Å². The van der Waals surface area contributed by atoms with Crippen molar-refractivity contribution >= 4 is 45.0 Å². The molecule has 0 aliphatic heterocycles. The average Bonchev–Trinajstić information content (AvgIpc) is 3.10. The Morgan fingerprint density at radius 3 is 2.52 bits per heavy atom. The normalized spacial score (nSPS) is 11.2. The first-order chi connectivity index (χ1) is 15.7. The number of nitrogens with two attached hydrogens (primary N) is 1. The molecule has 0 aliphatic rings. The van der Waals surface area contributed by atoms with E-state index in [2.05, 4.69) is 10.4 Å². The third-order valence-corrected chi connectivity index (χ3v) is 7.30. The molecule has 0 atom stereocenters. The first-order valence-corrected chi connectivity index (χ1v) is 12.7. The molecule has 0 radical (unpaired) electrons. The van der Waals surface area contributed by atoms with Crippen LogP contribution in [0.5, 0.6) is 0 Å². The molecule has 2 aromatic carbocycles. The highest BCUT2D eigenvalue weighted by atomic mass is 32.2. The summed E-state index contributed by atoms with van der Waals surface area (Å²) in [5, 5.41) is 7.09. The average molecular weight is 489 g/mol. The van der Waals surface area contributed by atoms with Gasteiger partial charge < -0.3 is 15.8 Å². The molecule has 0 saturated heterocycles. The van der Waals surface area contributed by atoms with Gasteiger partial charge in [0.05, 0.1) is 17.1 Å². The number of hydrogen-bond donors (Lipinski definition) is 2. The molecule has 33 heavy (non-hydrogen) atoms. The number of aryl methyl sites for hydroxylation is 1. The zero-order chi connectivity index (χ0) is 24.2. The van der Waals surface area contributed by atoms with E-state index in [9.17, 15) is 18.0 Å². The van der Waals surface area contributed by atoms with Crippen molar-refractivity contribution in [3.8, 4) is 0 Å². The number of esters is 1. The lowest BCUT2D eigenvalue weighted by atomic mass is 10.2. The third kappa shape index (κ3) is 5.37. The molecule has 3 aromatic rings. The molecule has 0 fully saturated rings. The summed E-state index contributed by atoms with van der Waals surface area (Å²) in [6.07, 6.45) is 1.68. The Morgan fingerprint density at radius 2 is 1.88 bits per heavy atom. The molecular weight excluding hydrogens is 464 g/mol. The van der Waals surface area contributed by atoms with Crippen LogP contribution in [0.3, 0.4) is 0 Å². The van der Waals surface area contributed by atoms with Crippen LogP contribution in [0.25, 0.3) is 0 Å². The molecule has 1 amide bonds. The van der Waals surface area contributed by atoms with Crippen LogP contribution in [0.4, 0.5) is 11.5 Å². The lowest BCUT2D eigenvalue weighted by Crippen LogP contribution is -2.21. The number of nitrogens with zero attached hydrogens (tertiary/aromatic N) is 2. The van der Waals surface area contributed by atoms with Crippen LogP contribution in [-0.2, 0) is 25.9 Å². The van der Waals surface area contributed by atoms with Gasteiger partial charge in [-0.2, -0.15) is 5.10 Å². The maximum atomic E-state index is 13.2. The van der Waals surface area contributed by atoms with Crippen LogP contribution in [-0.4, -0.2) is 42.9 Å². The number of rotatable bonds is 8. The monoisotopic (exact) mass is 488 g/mol. The summed E-state index contributed by atoms with van der Waals surface area (Å²) in [5.74, 6) is -1.12. The van der Waals surface area contributed by atoms with Crippen molar-refractivity contribution in [2.24, 2.45) is 0 Å². The number of anilines is 2. The van der Waals surface area contributed by atoms with Gasteiger partial charge in [-0.15, -0.1) is 11.8 Å². The van der Waals surface area contributed by atoms with Gasteiger partial charge in [0, 0.05) is 5.69 Å². The van der Waals surface area contributed by atoms with Crippen LogP contribution in [0.15, 0.2) is 63.3 Å². The van der Waals surface area contributed by atoms with Gasteiger partial charge in [-0.05, 0) is 50.4 Å². The summed E-state index contributed by atoms with van der Waals surface area (Å²) < 4.78 is 32.5. The third-order valence-electron chi connectivity index (χ3n) is 4.66. The Kier molecular flexibility index (Phi) is 7.44. The summed E-state index contributed by atoms with van der Waals surface area (Å²) in [6, 6.07) is 12.7. The molecule has 0 bridgehead atoms. The Morgan fingerprint density at radius 1 is 1.18 bits per heavy atom. The molecule has 1 heterocycles. The quantitative estimate of drug-likeness (QED) is 0.365. The van der Waals surface area contributed by atoms with E-state index in [1.54, 1.807) is 43.5 Å². The Hall–Kier alpha value is -3.31. The minimum atomic E-state index is -3.94. The number of ether oxygens (including phenoxy) is 1. The molecule has 11 heteroatoms. The second-order valence-corrected chi connectivity index (χ2v) is 9.73. The molecule has 0 spiro atoms. The molecule has 174 valence electrons. The predicted molar refractivity (Wildman–Crippen MR) is 126 cm³/mol. The predicted octanol–water partition coefficient (Wildman–Crippen LogP) is 3.14. The second kappa shape index (κ2) is 10.1. The highest BCUT2D eigenvalue weighted by molar-refractivity contribution is 7.99. The number of carbonyl (C=O) groups excluding carboxylic acids is 2. The van der Waals surface area contributed by atoms with E-state index in [1.165, 1.54) is 18.2 Å². The molecule has 3 rings (SSSR count). The molecule has 3 N–H and O–H groups in total. The van der Waals surface area contributed by atoms with Crippen molar-refractivity contribution < 1.29 is 22.7 Å². The fourth-order valence-corrected chi connectivity index (χ4v) is 5.48. The second-order valence-electron chi connectivity index (χ2n) is 7.05. The molecule has 9 nitrogen and oxygen atoms in total. The molecular formula is C22H24N4O5S2. The van der Waals surface area contributed by atoms with Gasteiger partial charge in [-0.3, -0.25) is 4.79 Å². The molecule has 0 aliphatic carbocycles. The summed E-state index contributed by atoms with van der Waals surface area (Å²) in [7, 11) is -3.94. The minimum Gasteiger partial charge on any atom is -0.462 e. The zero-order valence-corrected chi connectivity index (χ0v) is 20.0. The van der Waals surface area contributed by atoms with Crippen LogP contribution >= 0.6 is 11.8 Å². The number of nitrogen functional groups attached to an aromatic ring is 1. The number of benzene rings is 2. The van der Waals surface area contributed by atoms with Crippen molar-refractivity contribution in [2.45, 2.75) is 35.2 Å². The van der Waals surface area contributed by atoms with Crippen molar-refractivity contribution in [3.63, 3.8) is 0 Å². The van der Waals surface area contributed by atoms with Gasteiger partial charge >= 0.3 is 5.97 Å². The van der Waals surface area contributed by atoms with Gasteiger partial charge in [0.15, 0.2) is 0 Å². The standard InChI is InChI=1S/C22H24N4O5S2/c1-4-31-22(28)15-6-5-7-16(12-15)24-18(27)13-26-20(23)19(21(25-26)32-3)33(29,30)17-10-8-14(2)9-11-17/h5-12H,4,13,23H2,1-3H3,(H,24,27). The number of amides is 1. The lowest BCUT2D eigenvalue weighted by molar-refractivity contribution is -0.116. The zero-order valence-electron chi connectivity index (χ0n) is 18.4. The van der Waals surface area contributed by atoms with E-state index in [0.29, 0.717) is 11.3 Å². The van der Waals surface area contributed by atoms with E-state index in [1.807, 2.05) is 6.92 Å². The van der Waals surface area contributed by atoms with Crippen LogP contribution in [0.2, 0.25) is 0 Å². The SMILES string of the molecule is CCOC(=O)c1cccc(NC(=O)Cn2nc(SC)c(S(=O)(=O)c3ccc(C)cc3)c2N)c1. The molecule has 0 saturated carbocycles. The highest BCUT2D eigenvalue weighted by Gasteiger charge is 2.29. The van der Waals surface area contributed by atoms with Crippen molar-refractivity contribution in [2.75, 3.05) is 23.9 Å². The largest absolute Gasteiger partial charge is 0.462 e. The van der Waals surface area contributed by atoms with E-state index in [4.69, 9.17) is 10.5 Å². The number of sulfone groups is 1. The maximum absolute atomic E-state index is 13.2. The number of nitrogens with one attached hydrogen (secondary N) is 1. The molecule has 0 unspecified atom stereocenters. The van der Waals surface area contributed by atoms with E-state index < -0.39 is 21.7 Å². The number of aromatic nitrogens is 2. The van der Waals surface area contributed by atoms with Gasteiger partial charge in [-0.25, -0.2) is 17.9 Å². The van der Waals surface area contributed by atoms with Crippen molar-refractivity contribution in [1.82, 2.24) is 9.78 Å². The fraction of sp³-hybridized carbons (Fsp3) is 0.227. The van der Waals surface area contributed by atoms with E-state index >= 15 is 0 Å². The Labute approximate surface area is 196 Å². The Bertz CT molecular complexity index is 1280. The lowest BCUT2D eigenvalue weighted by Gasteiger charge is -2.09. The number of hydrogen-bond acceptors (Lipinski definition) is 8. The summed E-state index contributed by atoms with van der Waals surface area (Å²) in [4.78, 5) is 24.5. The van der Waals surface area contributed by atoms with Gasteiger partial charge in [0.2, 0.25) is 15.7 Å². The minimum absolute atomic E-state index is 0.0925. The van der Waals surface area contributed by atoms with Gasteiger partial charge in [0.1, 0.15) is 22.3 Å². The number of thioether (sulfide) groups is 1. The van der Waals surface area contributed by atoms with E-state index in [-0.39, 0.29) is 33.8 Å². The maximum Gasteiger partial charge on any atom is 0.338 e. The topological polar surface area (TPSA) is 133 Å². The van der Waals surface area contributed by atoms with Crippen molar-refractivity contribution in [1.29, 1.82) is 0 Å². The summed E-state index contributed by atoms with van der Waals surface area (Å²) in [5.41, 5.74) is 7.74. The summed E-state index contributed by atoms with van der Waals surface area (Å²) in [6.45, 7) is 3.48. The first kappa shape index (κ1) is 24.3. The van der Waals surface area contributed by atoms with E-state index in [0.717, 1.165) is 22.0 Å². The van der Waals surface area contributed by atoms with Gasteiger partial charge in [-0.1, -0.05) is 23.8 Å². The summed E-state index contributed by atoms with van der Waals surface area (Å²) >= 11 is 1.12. The highest BCUT2D eigenvalue weighted by Crippen LogP contribution is 2.34. The fourth-order valence-electron chi connectivity index (χ4n) is 3.05. The van der Waals surface area contributed by atoms with Crippen molar-refractivity contribution in [3.05, 3.63) is 59.7 Å². The van der Waals surface area contributed by atoms with Crippen LogP contribution in [0, 0.1) is 6.92 Å².